The Morgan fingerprint density at radius 1 is 1.45 bits per heavy atom. The standard InChI is InChI=1S/C16H21F2NO3/c1-21-14-3-2-13(17)15(18)12(14)7-19-6-11-8-22-5-4-16(11,9-19)10-20/h2-3,11,20H,4-10H2,1H3/t11-,16-/m1/s1. The Hall–Kier alpha value is -1.24. The molecule has 2 atom stereocenters. The number of rotatable bonds is 4. The number of aliphatic hydroxyl groups is 1. The van der Waals surface area contributed by atoms with E-state index in [0.717, 1.165) is 12.5 Å². The Morgan fingerprint density at radius 3 is 2.95 bits per heavy atom. The van der Waals surface area contributed by atoms with E-state index in [-0.39, 0.29) is 30.0 Å². The van der Waals surface area contributed by atoms with E-state index in [0.29, 0.717) is 32.1 Å². The molecule has 22 heavy (non-hydrogen) atoms. The molecule has 3 rings (SSSR count). The molecule has 0 aromatic heterocycles. The van der Waals surface area contributed by atoms with Crippen molar-refractivity contribution in [2.24, 2.45) is 11.3 Å². The third-order valence-corrected chi connectivity index (χ3v) is 5.02. The molecular formula is C16H21F2NO3. The van der Waals surface area contributed by atoms with Gasteiger partial charge in [0.2, 0.25) is 0 Å². The van der Waals surface area contributed by atoms with Crippen LogP contribution in [0.2, 0.25) is 0 Å². The number of likely N-dealkylation sites (tertiary alicyclic amines) is 1. The topological polar surface area (TPSA) is 41.9 Å². The van der Waals surface area contributed by atoms with Crippen LogP contribution in [-0.2, 0) is 11.3 Å². The summed E-state index contributed by atoms with van der Waals surface area (Å²) < 4.78 is 38.2. The molecule has 1 aromatic rings. The molecule has 2 heterocycles. The molecule has 0 bridgehead atoms. The number of aliphatic hydroxyl groups excluding tert-OH is 1. The number of fused-ring (bicyclic) bond motifs is 1. The van der Waals surface area contributed by atoms with Crippen molar-refractivity contribution < 1.29 is 23.4 Å². The molecule has 0 aliphatic carbocycles. The quantitative estimate of drug-likeness (QED) is 0.920. The van der Waals surface area contributed by atoms with Gasteiger partial charge in [-0.15, -0.1) is 0 Å². The van der Waals surface area contributed by atoms with Gasteiger partial charge in [-0.3, -0.25) is 4.90 Å². The smallest absolute Gasteiger partial charge is 0.167 e. The average Bonchev–Trinajstić information content (AvgIpc) is 2.91. The van der Waals surface area contributed by atoms with Gasteiger partial charge in [0.25, 0.3) is 0 Å². The lowest BCUT2D eigenvalue weighted by molar-refractivity contribution is -0.0417. The first kappa shape index (κ1) is 15.6. The molecule has 6 heteroatoms. The first-order valence-electron chi connectivity index (χ1n) is 7.51. The lowest BCUT2D eigenvalue weighted by Crippen LogP contribution is -2.41. The van der Waals surface area contributed by atoms with Crippen LogP contribution < -0.4 is 4.74 Å². The molecule has 2 fully saturated rings. The zero-order chi connectivity index (χ0) is 15.7. The van der Waals surface area contributed by atoms with Crippen LogP contribution >= 0.6 is 0 Å². The van der Waals surface area contributed by atoms with Crippen molar-refractivity contribution in [1.29, 1.82) is 0 Å². The monoisotopic (exact) mass is 313 g/mol. The average molecular weight is 313 g/mol. The maximum absolute atomic E-state index is 14.1. The predicted octanol–water partition coefficient (Wildman–Crippen LogP) is 1.80. The fourth-order valence-corrected chi connectivity index (χ4v) is 3.67. The molecule has 0 radical (unpaired) electrons. The molecule has 0 unspecified atom stereocenters. The molecule has 0 spiro atoms. The zero-order valence-electron chi connectivity index (χ0n) is 12.6. The summed E-state index contributed by atoms with van der Waals surface area (Å²) in [7, 11) is 1.45. The maximum Gasteiger partial charge on any atom is 0.167 e. The highest BCUT2D eigenvalue weighted by atomic mass is 19.2. The van der Waals surface area contributed by atoms with E-state index in [9.17, 15) is 13.9 Å². The van der Waals surface area contributed by atoms with Crippen molar-refractivity contribution >= 4 is 0 Å². The van der Waals surface area contributed by atoms with Gasteiger partial charge < -0.3 is 14.6 Å². The van der Waals surface area contributed by atoms with Crippen molar-refractivity contribution in [3.05, 3.63) is 29.3 Å². The highest BCUT2D eigenvalue weighted by molar-refractivity contribution is 5.35. The second kappa shape index (κ2) is 6.10. The molecule has 0 saturated carbocycles. The van der Waals surface area contributed by atoms with Crippen molar-refractivity contribution in [2.75, 3.05) is 40.0 Å². The van der Waals surface area contributed by atoms with Crippen LogP contribution in [0.3, 0.4) is 0 Å². The molecule has 1 N–H and O–H groups in total. The van der Waals surface area contributed by atoms with Crippen LogP contribution in [0.1, 0.15) is 12.0 Å². The number of halogens is 2. The van der Waals surface area contributed by atoms with E-state index in [1.807, 2.05) is 0 Å². The molecule has 122 valence electrons. The lowest BCUT2D eigenvalue weighted by Gasteiger charge is -2.36. The largest absolute Gasteiger partial charge is 0.496 e. The van der Waals surface area contributed by atoms with E-state index in [4.69, 9.17) is 9.47 Å². The normalized spacial score (nSPS) is 28.6. The Kier molecular flexibility index (Phi) is 4.34. The molecule has 1 aromatic carbocycles. The second-order valence-corrected chi connectivity index (χ2v) is 6.25. The molecular weight excluding hydrogens is 292 g/mol. The van der Waals surface area contributed by atoms with Crippen molar-refractivity contribution in [3.63, 3.8) is 0 Å². The Morgan fingerprint density at radius 2 is 2.27 bits per heavy atom. The van der Waals surface area contributed by atoms with Crippen LogP contribution in [0.25, 0.3) is 0 Å². The van der Waals surface area contributed by atoms with E-state index in [1.54, 1.807) is 0 Å². The fraction of sp³-hybridized carbons (Fsp3) is 0.625. The Labute approximate surface area is 128 Å². The van der Waals surface area contributed by atoms with Gasteiger partial charge in [-0.05, 0) is 18.6 Å². The van der Waals surface area contributed by atoms with Crippen LogP contribution in [0.4, 0.5) is 8.78 Å². The van der Waals surface area contributed by atoms with Crippen LogP contribution in [-0.4, -0.2) is 50.0 Å². The van der Waals surface area contributed by atoms with E-state index < -0.39 is 11.6 Å². The minimum atomic E-state index is -0.868. The lowest BCUT2D eigenvalue weighted by atomic mass is 9.75. The summed E-state index contributed by atoms with van der Waals surface area (Å²) in [5, 5.41) is 9.79. The molecule has 4 nitrogen and oxygen atoms in total. The number of hydrogen-bond acceptors (Lipinski definition) is 4. The molecule has 2 saturated heterocycles. The van der Waals surface area contributed by atoms with Crippen molar-refractivity contribution in [3.8, 4) is 5.75 Å². The van der Waals surface area contributed by atoms with Gasteiger partial charge in [-0.25, -0.2) is 8.78 Å². The third-order valence-electron chi connectivity index (χ3n) is 5.02. The number of ether oxygens (including phenoxy) is 2. The first-order chi connectivity index (χ1) is 10.6. The molecule has 0 amide bonds. The third kappa shape index (κ3) is 2.59. The minimum absolute atomic E-state index is 0.0975. The predicted molar refractivity (Wildman–Crippen MR) is 76.6 cm³/mol. The molecule has 2 aliphatic heterocycles. The summed E-state index contributed by atoms with van der Waals surface area (Å²) in [6.45, 7) is 2.99. The summed E-state index contributed by atoms with van der Waals surface area (Å²) >= 11 is 0. The molecule has 2 aliphatic rings. The van der Waals surface area contributed by atoms with Gasteiger partial charge >= 0.3 is 0 Å². The number of hydrogen-bond donors (Lipinski definition) is 1. The van der Waals surface area contributed by atoms with Crippen LogP contribution in [0.5, 0.6) is 5.75 Å². The minimum Gasteiger partial charge on any atom is -0.496 e. The van der Waals surface area contributed by atoms with Gasteiger partial charge in [0, 0.05) is 43.1 Å². The van der Waals surface area contributed by atoms with Gasteiger partial charge in [0.15, 0.2) is 11.6 Å². The highest BCUT2D eigenvalue weighted by Crippen LogP contribution is 2.42. The number of methoxy groups -OCH3 is 1. The van der Waals surface area contributed by atoms with E-state index >= 15 is 0 Å². The number of benzene rings is 1. The first-order valence-corrected chi connectivity index (χ1v) is 7.51. The van der Waals surface area contributed by atoms with E-state index in [2.05, 4.69) is 4.90 Å². The van der Waals surface area contributed by atoms with Crippen LogP contribution in [0.15, 0.2) is 12.1 Å². The van der Waals surface area contributed by atoms with Crippen LogP contribution in [0, 0.1) is 23.0 Å². The van der Waals surface area contributed by atoms with Gasteiger partial charge in [-0.2, -0.15) is 0 Å². The fourth-order valence-electron chi connectivity index (χ4n) is 3.67. The Bertz CT molecular complexity index is 554. The SMILES string of the molecule is COc1ccc(F)c(F)c1CN1C[C@@H]2COCC[C@]2(CO)C1. The highest BCUT2D eigenvalue weighted by Gasteiger charge is 2.48. The maximum atomic E-state index is 14.1. The summed E-state index contributed by atoms with van der Waals surface area (Å²) in [4.78, 5) is 2.05. The summed E-state index contributed by atoms with van der Waals surface area (Å²) in [5.41, 5.74) is 0.0464. The van der Waals surface area contributed by atoms with Gasteiger partial charge in [-0.1, -0.05) is 0 Å². The number of nitrogens with zero attached hydrogens (tertiary/aromatic N) is 1. The second-order valence-electron chi connectivity index (χ2n) is 6.25. The van der Waals surface area contributed by atoms with Gasteiger partial charge in [0.05, 0.1) is 20.3 Å². The van der Waals surface area contributed by atoms with Gasteiger partial charge in [0.1, 0.15) is 5.75 Å². The summed E-state index contributed by atoms with van der Waals surface area (Å²) in [5.74, 6) is -1.15. The summed E-state index contributed by atoms with van der Waals surface area (Å²) in [6, 6.07) is 2.52. The van der Waals surface area contributed by atoms with Crippen molar-refractivity contribution in [2.45, 2.75) is 13.0 Å². The van der Waals surface area contributed by atoms with Crippen molar-refractivity contribution in [1.82, 2.24) is 4.90 Å². The summed E-state index contributed by atoms with van der Waals surface area (Å²) in [6.07, 6.45) is 0.799. The van der Waals surface area contributed by atoms with E-state index in [1.165, 1.54) is 13.2 Å². The Balaban J connectivity index is 1.82. The zero-order valence-corrected chi connectivity index (χ0v) is 12.6.